The predicted molar refractivity (Wildman–Crippen MR) is 204 cm³/mol. The summed E-state index contributed by atoms with van der Waals surface area (Å²) >= 11 is 3.66. The van der Waals surface area contributed by atoms with Gasteiger partial charge in [0.15, 0.2) is 17.4 Å². The standard InChI is InChI=1S/C42H40BrN5O/c1-42(2)33-27-29(23-25-43)19-21-35(33)48(36-22-20-30(28-34(36)42)24-26-47(3)4)37-17-11-12-18-38(37)49-41-45-39(31-13-7-5-8-14-31)44-40(46-41)32-15-9-6-10-16-32/h5-22,27-28H,23-26H2,1-4H3. The van der Waals surface area contributed by atoms with E-state index in [1.54, 1.807) is 0 Å². The molecule has 1 aliphatic heterocycles. The molecule has 246 valence electrons. The Morgan fingerprint density at radius 2 is 1.16 bits per heavy atom. The molecule has 5 aromatic carbocycles. The molecule has 0 fully saturated rings. The normalized spacial score (nSPS) is 13.2. The zero-order valence-electron chi connectivity index (χ0n) is 28.4. The van der Waals surface area contributed by atoms with Crippen molar-refractivity contribution in [2.75, 3.05) is 30.9 Å². The lowest BCUT2D eigenvalue weighted by atomic mass is 9.72. The molecular weight excluding hydrogens is 670 g/mol. The van der Waals surface area contributed by atoms with Crippen LogP contribution in [0.15, 0.2) is 121 Å². The van der Waals surface area contributed by atoms with Crippen molar-refractivity contribution in [2.24, 2.45) is 0 Å². The SMILES string of the molecule is CN(C)CCc1ccc2c(c1)C(C)(C)c1cc(CCBr)ccc1N2c1ccccc1Oc1nc(-c2ccccc2)nc(-c2ccccc2)n1. The van der Waals surface area contributed by atoms with E-state index in [4.69, 9.17) is 19.7 Å². The van der Waals surface area contributed by atoms with E-state index in [2.05, 4.69) is 102 Å². The number of alkyl halides is 1. The summed E-state index contributed by atoms with van der Waals surface area (Å²) in [6.45, 7) is 5.69. The van der Waals surface area contributed by atoms with Crippen molar-refractivity contribution in [2.45, 2.75) is 32.1 Å². The van der Waals surface area contributed by atoms with Crippen LogP contribution in [-0.2, 0) is 18.3 Å². The highest BCUT2D eigenvalue weighted by atomic mass is 79.9. The first-order chi connectivity index (χ1) is 23.8. The number of benzene rings is 5. The van der Waals surface area contributed by atoms with Gasteiger partial charge in [0, 0.05) is 28.4 Å². The lowest BCUT2D eigenvalue weighted by Gasteiger charge is -2.42. The van der Waals surface area contributed by atoms with Crippen LogP contribution in [0.25, 0.3) is 22.8 Å². The fourth-order valence-corrected chi connectivity index (χ4v) is 6.98. The highest BCUT2D eigenvalue weighted by Crippen LogP contribution is 2.54. The van der Waals surface area contributed by atoms with Crippen LogP contribution in [0.2, 0.25) is 0 Å². The largest absolute Gasteiger partial charge is 0.422 e. The number of likely N-dealkylation sites (N-methyl/N-ethyl adjacent to an activating group) is 1. The van der Waals surface area contributed by atoms with Gasteiger partial charge >= 0.3 is 6.01 Å². The lowest BCUT2D eigenvalue weighted by Crippen LogP contribution is -2.31. The van der Waals surface area contributed by atoms with Gasteiger partial charge in [-0.3, -0.25) is 0 Å². The third-order valence-corrected chi connectivity index (χ3v) is 9.56. The van der Waals surface area contributed by atoms with E-state index >= 15 is 0 Å². The van der Waals surface area contributed by atoms with Crippen LogP contribution >= 0.6 is 15.9 Å². The van der Waals surface area contributed by atoms with Gasteiger partial charge < -0.3 is 14.5 Å². The number of aryl methyl sites for hydroxylation is 1. The Morgan fingerprint density at radius 3 is 1.71 bits per heavy atom. The maximum Gasteiger partial charge on any atom is 0.326 e. The first-order valence-electron chi connectivity index (χ1n) is 16.7. The molecule has 6 nitrogen and oxygen atoms in total. The molecule has 1 aliphatic rings. The average molecular weight is 711 g/mol. The zero-order valence-corrected chi connectivity index (χ0v) is 30.0. The number of rotatable bonds is 10. The van der Waals surface area contributed by atoms with Crippen molar-refractivity contribution < 1.29 is 4.74 Å². The summed E-state index contributed by atoms with van der Waals surface area (Å²) in [4.78, 5) is 19.1. The highest BCUT2D eigenvalue weighted by Gasteiger charge is 2.38. The van der Waals surface area contributed by atoms with E-state index in [9.17, 15) is 0 Å². The summed E-state index contributed by atoms with van der Waals surface area (Å²) in [5.74, 6) is 1.77. The second-order valence-corrected chi connectivity index (χ2v) is 14.0. The molecule has 0 N–H and O–H groups in total. The molecule has 0 atom stereocenters. The summed E-state index contributed by atoms with van der Waals surface area (Å²) in [6, 6.07) is 42.2. The third kappa shape index (κ3) is 6.74. The van der Waals surface area contributed by atoms with Crippen LogP contribution in [-0.4, -0.2) is 45.8 Å². The van der Waals surface area contributed by atoms with Crippen molar-refractivity contribution >= 4 is 33.0 Å². The topological polar surface area (TPSA) is 54.4 Å². The Balaban J connectivity index is 1.37. The zero-order chi connectivity index (χ0) is 34.0. The van der Waals surface area contributed by atoms with Crippen LogP contribution < -0.4 is 9.64 Å². The molecule has 6 aromatic rings. The molecule has 2 heterocycles. The first-order valence-corrected chi connectivity index (χ1v) is 17.9. The summed E-state index contributed by atoms with van der Waals surface area (Å²) < 4.78 is 6.70. The number of ether oxygens (including phenoxy) is 1. The fraction of sp³-hybridized carbons (Fsp3) is 0.214. The number of anilines is 3. The fourth-order valence-electron chi connectivity index (χ4n) is 6.53. The Labute approximate surface area is 297 Å². The average Bonchev–Trinajstić information content (AvgIpc) is 3.12. The Hall–Kier alpha value is -4.85. The van der Waals surface area contributed by atoms with Gasteiger partial charge in [0.25, 0.3) is 0 Å². The first kappa shape index (κ1) is 32.7. The molecule has 7 heteroatoms. The van der Waals surface area contributed by atoms with Gasteiger partial charge in [-0.25, -0.2) is 4.98 Å². The van der Waals surface area contributed by atoms with Gasteiger partial charge in [-0.15, -0.1) is 0 Å². The van der Waals surface area contributed by atoms with Gasteiger partial charge in [0.05, 0.1) is 17.1 Å². The summed E-state index contributed by atoms with van der Waals surface area (Å²) in [7, 11) is 4.25. The van der Waals surface area contributed by atoms with E-state index < -0.39 is 0 Å². The van der Waals surface area contributed by atoms with E-state index in [1.807, 2.05) is 72.8 Å². The minimum atomic E-state index is -0.212. The minimum absolute atomic E-state index is 0.212. The highest BCUT2D eigenvalue weighted by molar-refractivity contribution is 9.09. The number of fused-ring (bicyclic) bond motifs is 2. The molecule has 0 bridgehead atoms. The molecule has 49 heavy (non-hydrogen) atoms. The Kier molecular flexibility index (Phi) is 9.30. The quantitative estimate of drug-likeness (QED) is 0.132. The van der Waals surface area contributed by atoms with Gasteiger partial charge in [-0.1, -0.05) is 127 Å². The number of nitrogens with zero attached hydrogens (tertiary/aromatic N) is 5. The van der Waals surface area contributed by atoms with Crippen LogP contribution in [0.3, 0.4) is 0 Å². The molecular formula is C42H40BrN5O. The van der Waals surface area contributed by atoms with Crippen molar-refractivity contribution in [1.29, 1.82) is 0 Å². The van der Waals surface area contributed by atoms with Crippen LogP contribution in [0, 0.1) is 0 Å². The van der Waals surface area contributed by atoms with Crippen LogP contribution in [0.4, 0.5) is 17.1 Å². The lowest BCUT2D eigenvalue weighted by molar-refractivity contribution is 0.413. The van der Waals surface area contributed by atoms with Crippen molar-refractivity contribution in [3.8, 4) is 34.5 Å². The van der Waals surface area contributed by atoms with Crippen molar-refractivity contribution in [3.05, 3.63) is 144 Å². The number of hydrogen-bond donors (Lipinski definition) is 0. The number of hydrogen-bond acceptors (Lipinski definition) is 6. The van der Waals surface area contributed by atoms with E-state index in [0.29, 0.717) is 17.4 Å². The maximum atomic E-state index is 6.70. The number of para-hydroxylation sites is 2. The van der Waals surface area contributed by atoms with E-state index in [0.717, 1.165) is 52.9 Å². The van der Waals surface area contributed by atoms with Gasteiger partial charge in [-0.05, 0) is 73.5 Å². The summed E-state index contributed by atoms with van der Waals surface area (Å²) in [6.07, 6.45) is 1.95. The molecule has 0 saturated heterocycles. The van der Waals surface area contributed by atoms with Gasteiger partial charge in [-0.2, -0.15) is 9.97 Å². The van der Waals surface area contributed by atoms with E-state index in [1.165, 1.54) is 22.3 Å². The number of aromatic nitrogens is 3. The number of halogens is 1. The summed E-state index contributed by atoms with van der Waals surface area (Å²) in [5, 5.41) is 0.916. The molecule has 7 rings (SSSR count). The minimum Gasteiger partial charge on any atom is -0.422 e. The second-order valence-electron chi connectivity index (χ2n) is 13.2. The van der Waals surface area contributed by atoms with Crippen molar-refractivity contribution in [3.63, 3.8) is 0 Å². The molecule has 0 radical (unpaired) electrons. The van der Waals surface area contributed by atoms with E-state index in [-0.39, 0.29) is 11.4 Å². The molecule has 0 saturated carbocycles. The molecule has 0 unspecified atom stereocenters. The Morgan fingerprint density at radius 1 is 0.633 bits per heavy atom. The predicted octanol–water partition coefficient (Wildman–Crippen LogP) is 10.1. The second kappa shape index (κ2) is 13.9. The molecule has 1 aromatic heterocycles. The molecule has 0 aliphatic carbocycles. The van der Waals surface area contributed by atoms with Gasteiger partial charge in [0.2, 0.25) is 0 Å². The van der Waals surface area contributed by atoms with Crippen molar-refractivity contribution in [1.82, 2.24) is 19.9 Å². The monoisotopic (exact) mass is 709 g/mol. The Bertz CT molecular complexity index is 2020. The van der Waals surface area contributed by atoms with Gasteiger partial charge in [0.1, 0.15) is 0 Å². The smallest absolute Gasteiger partial charge is 0.326 e. The molecule has 0 spiro atoms. The van der Waals surface area contributed by atoms with Crippen LogP contribution in [0.5, 0.6) is 11.8 Å². The summed E-state index contributed by atoms with van der Waals surface area (Å²) in [5.41, 5.74) is 9.99. The van der Waals surface area contributed by atoms with Crippen LogP contribution in [0.1, 0.15) is 36.1 Å². The third-order valence-electron chi connectivity index (χ3n) is 9.17. The maximum absolute atomic E-state index is 6.70. The molecule has 0 amide bonds.